The summed E-state index contributed by atoms with van der Waals surface area (Å²) >= 11 is 0. The number of nitrogens with one attached hydrogen (secondary N) is 2. The molecule has 30 heavy (non-hydrogen) atoms. The Hall–Kier alpha value is -3.01. The summed E-state index contributed by atoms with van der Waals surface area (Å²) in [5.41, 5.74) is 8.79. The smallest absolute Gasteiger partial charge is 0.176 e. The maximum absolute atomic E-state index is 12.8. The third kappa shape index (κ3) is 4.76. The Morgan fingerprint density at radius 1 is 1.10 bits per heavy atom. The highest BCUT2D eigenvalue weighted by molar-refractivity contribution is 7.92. The second-order valence-corrected chi connectivity index (χ2v) is 9.79. The first-order chi connectivity index (χ1) is 14.2. The molecule has 1 unspecified atom stereocenters. The Labute approximate surface area is 177 Å². The third-order valence-corrected chi connectivity index (χ3v) is 6.87. The van der Waals surface area contributed by atoms with Crippen LogP contribution in [0.25, 0.3) is 0 Å². The minimum absolute atomic E-state index is 0.0109. The quantitative estimate of drug-likeness (QED) is 0.329. The van der Waals surface area contributed by atoms with E-state index in [-0.39, 0.29) is 22.1 Å². The zero-order valence-corrected chi connectivity index (χ0v) is 17.8. The first kappa shape index (κ1) is 21.7. The van der Waals surface area contributed by atoms with Crippen molar-refractivity contribution in [3.63, 3.8) is 0 Å². The predicted octanol–water partition coefficient (Wildman–Crippen LogP) is 2.72. The molecule has 0 aliphatic heterocycles. The first-order valence-electron chi connectivity index (χ1n) is 8.87. The molecule has 0 amide bonds. The predicted molar refractivity (Wildman–Crippen MR) is 119 cm³/mol. The molecule has 7 nitrogen and oxygen atoms in total. The van der Waals surface area contributed by atoms with Crippen LogP contribution >= 0.6 is 0 Å². The second-order valence-electron chi connectivity index (χ2n) is 6.62. The van der Waals surface area contributed by atoms with E-state index in [9.17, 15) is 12.6 Å². The highest BCUT2D eigenvalue weighted by Crippen LogP contribution is 2.25. The van der Waals surface area contributed by atoms with E-state index < -0.39 is 20.8 Å². The molecule has 0 aromatic heterocycles. The Balaban J connectivity index is 1.90. The molecule has 5 N–H and O–H groups in total. The summed E-state index contributed by atoms with van der Waals surface area (Å²) in [6, 6.07) is 17.8. The highest BCUT2D eigenvalue weighted by Gasteiger charge is 2.18. The van der Waals surface area contributed by atoms with E-state index in [4.69, 9.17) is 16.2 Å². The Morgan fingerprint density at radius 2 is 1.77 bits per heavy atom. The number of benzene rings is 3. The summed E-state index contributed by atoms with van der Waals surface area (Å²) in [7, 11) is -5.38. The fourth-order valence-electron chi connectivity index (χ4n) is 2.84. The number of anilines is 2. The number of hydrogen-bond acceptors (Lipinski definition) is 6. The topological polar surface area (TPSA) is 133 Å². The molecule has 3 rings (SSSR count). The maximum Gasteiger partial charge on any atom is 0.176 e. The number of nitrogen functional groups attached to an aromatic ring is 1. The standard InChI is InChI=1S/C21H21N3O4S2/c1-30(27,28)20-5-3-2-4-19(20)29(26)24-16-10-11-18(22)17(12-16)21(23)15-8-6-14(13-25)7-9-15/h2-12,23-25H,13,22H2,1H3. The Kier molecular flexibility index (Phi) is 6.35. The van der Waals surface area contributed by atoms with Gasteiger partial charge in [0.25, 0.3) is 0 Å². The van der Waals surface area contributed by atoms with Crippen molar-refractivity contribution >= 4 is 37.9 Å². The molecule has 0 saturated carbocycles. The lowest BCUT2D eigenvalue weighted by atomic mass is 9.99. The molecule has 3 aromatic rings. The van der Waals surface area contributed by atoms with Crippen LogP contribution in [0.15, 0.2) is 76.5 Å². The van der Waals surface area contributed by atoms with Crippen LogP contribution < -0.4 is 10.5 Å². The summed E-state index contributed by atoms with van der Waals surface area (Å²) in [6.07, 6.45) is 1.06. The Morgan fingerprint density at radius 3 is 2.40 bits per heavy atom. The molecule has 0 bridgehead atoms. The SMILES string of the molecule is CS(=O)(=O)c1ccccc1S(=O)Nc1ccc(N)c(C(=N)c2ccc(CO)cc2)c1. The molecular weight excluding hydrogens is 422 g/mol. The van der Waals surface area contributed by atoms with Gasteiger partial charge in [0.15, 0.2) is 20.8 Å². The number of sulfone groups is 1. The highest BCUT2D eigenvalue weighted by atomic mass is 32.2. The van der Waals surface area contributed by atoms with E-state index in [1.54, 1.807) is 54.6 Å². The van der Waals surface area contributed by atoms with Crippen LogP contribution in [-0.4, -0.2) is 29.7 Å². The lowest BCUT2D eigenvalue weighted by molar-refractivity contribution is 0.282. The Bertz CT molecular complexity index is 1220. The number of aliphatic hydroxyl groups is 1. The molecule has 1 atom stereocenters. The summed E-state index contributed by atoms with van der Waals surface area (Å²) in [5.74, 6) is 0. The van der Waals surface area contributed by atoms with Gasteiger partial charge >= 0.3 is 0 Å². The largest absolute Gasteiger partial charge is 0.398 e. The van der Waals surface area contributed by atoms with Crippen molar-refractivity contribution in [1.29, 1.82) is 5.41 Å². The van der Waals surface area contributed by atoms with Gasteiger partial charge in [-0.25, -0.2) is 12.6 Å². The molecule has 3 aromatic carbocycles. The van der Waals surface area contributed by atoms with E-state index in [0.717, 1.165) is 11.8 Å². The fourth-order valence-corrected chi connectivity index (χ4v) is 5.18. The number of nitrogens with two attached hydrogens (primary N) is 1. The molecule has 0 fully saturated rings. The number of rotatable bonds is 7. The van der Waals surface area contributed by atoms with E-state index in [1.165, 1.54) is 12.1 Å². The molecule has 0 radical (unpaired) electrons. The molecule has 0 aliphatic carbocycles. The van der Waals surface area contributed by atoms with Gasteiger partial charge < -0.3 is 15.6 Å². The van der Waals surface area contributed by atoms with Crippen molar-refractivity contribution in [1.82, 2.24) is 0 Å². The zero-order valence-electron chi connectivity index (χ0n) is 16.1. The van der Waals surface area contributed by atoms with Crippen LogP contribution in [0.2, 0.25) is 0 Å². The minimum Gasteiger partial charge on any atom is -0.398 e. The zero-order chi connectivity index (χ0) is 21.9. The lowest BCUT2D eigenvalue weighted by Gasteiger charge is -2.13. The van der Waals surface area contributed by atoms with Crippen LogP contribution in [0.1, 0.15) is 16.7 Å². The molecule has 0 heterocycles. The average Bonchev–Trinajstić information content (AvgIpc) is 2.74. The third-order valence-electron chi connectivity index (χ3n) is 4.41. The van der Waals surface area contributed by atoms with Crippen LogP contribution in [0, 0.1) is 5.41 Å². The van der Waals surface area contributed by atoms with E-state index in [0.29, 0.717) is 22.5 Å². The van der Waals surface area contributed by atoms with Crippen LogP contribution in [0.3, 0.4) is 0 Å². The maximum atomic E-state index is 12.8. The lowest BCUT2D eigenvalue weighted by Crippen LogP contribution is -2.11. The van der Waals surface area contributed by atoms with Gasteiger partial charge in [0.05, 0.1) is 22.1 Å². The van der Waals surface area contributed by atoms with Gasteiger partial charge in [0, 0.05) is 28.8 Å². The summed E-state index contributed by atoms with van der Waals surface area (Å²) in [4.78, 5) is 0.135. The van der Waals surface area contributed by atoms with Crippen molar-refractivity contribution in [2.24, 2.45) is 0 Å². The molecule has 156 valence electrons. The minimum atomic E-state index is -3.55. The molecule has 0 aliphatic rings. The normalized spacial score (nSPS) is 12.3. The molecule has 0 spiro atoms. The number of aliphatic hydroxyl groups excluding tert-OH is 1. The molecule has 0 saturated heterocycles. The van der Waals surface area contributed by atoms with Gasteiger partial charge in [-0.15, -0.1) is 0 Å². The van der Waals surface area contributed by atoms with Crippen LogP contribution in [-0.2, 0) is 27.4 Å². The van der Waals surface area contributed by atoms with Crippen LogP contribution in [0.4, 0.5) is 11.4 Å². The van der Waals surface area contributed by atoms with E-state index in [2.05, 4.69) is 4.72 Å². The fraction of sp³-hybridized carbons (Fsp3) is 0.0952. The second kappa shape index (κ2) is 8.78. The van der Waals surface area contributed by atoms with Gasteiger partial charge in [0.2, 0.25) is 0 Å². The average molecular weight is 444 g/mol. The monoisotopic (exact) mass is 443 g/mol. The van der Waals surface area contributed by atoms with Gasteiger partial charge in [-0.3, -0.25) is 5.41 Å². The van der Waals surface area contributed by atoms with Crippen molar-refractivity contribution in [2.45, 2.75) is 16.4 Å². The first-order valence-corrected chi connectivity index (χ1v) is 11.9. The summed E-state index contributed by atoms with van der Waals surface area (Å²) in [5, 5.41) is 17.6. The molecule has 9 heteroatoms. The van der Waals surface area contributed by atoms with Crippen molar-refractivity contribution < 1.29 is 17.7 Å². The van der Waals surface area contributed by atoms with Crippen molar-refractivity contribution in [2.75, 3.05) is 16.7 Å². The van der Waals surface area contributed by atoms with Gasteiger partial charge in [0.1, 0.15) is 0 Å². The van der Waals surface area contributed by atoms with E-state index in [1.807, 2.05) is 0 Å². The van der Waals surface area contributed by atoms with Crippen LogP contribution in [0.5, 0.6) is 0 Å². The van der Waals surface area contributed by atoms with E-state index >= 15 is 0 Å². The number of hydrogen-bond donors (Lipinski definition) is 4. The summed E-state index contributed by atoms with van der Waals surface area (Å²) in [6.45, 7) is -0.0874. The van der Waals surface area contributed by atoms with Crippen molar-refractivity contribution in [3.05, 3.63) is 83.4 Å². The van der Waals surface area contributed by atoms with Gasteiger partial charge in [-0.2, -0.15) is 0 Å². The molecular formula is C21H21N3O4S2. The van der Waals surface area contributed by atoms with Gasteiger partial charge in [-0.05, 0) is 35.9 Å². The van der Waals surface area contributed by atoms with Gasteiger partial charge in [-0.1, -0.05) is 36.4 Å². The summed E-state index contributed by atoms with van der Waals surface area (Å²) < 4.78 is 39.6. The van der Waals surface area contributed by atoms with Crippen molar-refractivity contribution in [3.8, 4) is 0 Å².